The van der Waals surface area contributed by atoms with Crippen molar-refractivity contribution >= 4 is 11.4 Å². The van der Waals surface area contributed by atoms with Crippen LogP contribution in [0.3, 0.4) is 0 Å². The molecule has 0 aromatic heterocycles. The van der Waals surface area contributed by atoms with Crippen molar-refractivity contribution in [1.82, 2.24) is 0 Å². The van der Waals surface area contributed by atoms with Crippen LogP contribution in [0.5, 0.6) is 0 Å². The third-order valence-corrected chi connectivity index (χ3v) is 1.36. The minimum absolute atomic E-state index is 0.135. The Morgan fingerprint density at radius 3 is 2.80 bits per heavy atom. The van der Waals surface area contributed by atoms with E-state index in [2.05, 4.69) is 4.18 Å². The van der Waals surface area contributed by atoms with E-state index in [0.717, 1.165) is 12.8 Å². The molecular formula is C5H13NO3S. The summed E-state index contributed by atoms with van der Waals surface area (Å²) in [5.41, 5.74) is 5.42. The molecular weight excluding hydrogens is 154 g/mol. The first-order chi connectivity index (χ1) is 4.63. The number of hydrogen-bond donors (Lipinski definition) is 2. The van der Waals surface area contributed by atoms with E-state index < -0.39 is 11.4 Å². The number of hydrogen-bond acceptors (Lipinski definition) is 3. The molecule has 10 heavy (non-hydrogen) atoms. The first-order valence-corrected chi connectivity index (χ1v) is 4.16. The average molecular weight is 167 g/mol. The highest BCUT2D eigenvalue weighted by Gasteiger charge is 1.95. The fourth-order valence-corrected chi connectivity index (χ4v) is 0.796. The van der Waals surface area contributed by atoms with Crippen LogP contribution in [-0.4, -0.2) is 21.4 Å². The molecule has 0 aliphatic carbocycles. The standard InChI is InChI=1S/C5H13NO3S/c1-5(6)3-2-4-9-10(7)8/h5H,2-4,6H2,1H3,(H,7,8). The fourth-order valence-electron chi connectivity index (χ4n) is 0.536. The second-order valence-electron chi connectivity index (χ2n) is 2.16. The molecule has 0 aliphatic heterocycles. The predicted molar refractivity (Wildman–Crippen MR) is 39.6 cm³/mol. The molecule has 0 aromatic rings. The minimum Gasteiger partial charge on any atom is -0.328 e. The molecule has 0 spiro atoms. The summed E-state index contributed by atoms with van der Waals surface area (Å²) in [6, 6.07) is 0.135. The molecule has 2 unspecified atom stereocenters. The van der Waals surface area contributed by atoms with Crippen molar-refractivity contribution < 1.29 is 12.9 Å². The van der Waals surface area contributed by atoms with Crippen LogP contribution in [0.15, 0.2) is 0 Å². The van der Waals surface area contributed by atoms with Gasteiger partial charge in [0.15, 0.2) is 0 Å². The molecule has 0 aromatic carbocycles. The second kappa shape index (κ2) is 5.79. The van der Waals surface area contributed by atoms with Crippen LogP contribution in [0.1, 0.15) is 19.8 Å². The van der Waals surface area contributed by atoms with E-state index in [9.17, 15) is 4.21 Å². The Labute approximate surface area is 63.2 Å². The molecule has 0 aliphatic rings. The van der Waals surface area contributed by atoms with Crippen molar-refractivity contribution in [2.24, 2.45) is 5.73 Å². The largest absolute Gasteiger partial charge is 0.328 e. The van der Waals surface area contributed by atoms with E-state index in [-0.39, 0.29) is 6.04 Å². The third-order valence-electron chi connectivity index (χ3n) is 0.988. The topological polar surface area (TPSA) is 72.5 Å². The van der Waals surface area contributed by atoms with Crippen LogP contribution < -0.4 is 5.73 Å². The summed E-state index contributed by atoms with van der Waals surface area (Å²) in [6.45, 7) is 2.18. The van der Waals surface area contributed by atoms with Crippen molar-refractivity contribution in [3.63, 3.8) is 0 Å². The van der Waals surface area contributed by atoms with Gasteiger partial charge in [-0.25, -0.2) is 0 Å². The van der Waals surface area contributed by atoms with E-state index in [4.69, 9.17) is 10.3 Å². The zero-order chi connectivity index (χ0) is 7.98. The van der Waals surface area contributed by atoms with E-state index in [1.54, 1.807) is 0 Å². The van der Waals surface area contributed by atoms with Gasteiger partial charge in [-0.05, 0) is 19.8 Å². The van der Waals surface area contributed by atoms with E-state index in [1.165, 1.54) is 0 Å². The Kier molecular flexibility index (Phi) is 5.81. The van der Waals surface area contributed by atoms with Crippen molar-refractivity contribution in [3.8, 4) is 0 Å². The zero-order valence-electron chi connectivity index (χ0n) is 5.95. The number of nitrogens with two attached hydrogens (primary N) is 1. The Bertz CT molecular complexity index is 107. The van der Waals surface area contributed by atoms with E-state index in [0.29, 0.717) is 6.61 Å². The molecule has 0 heterocycles. The normalized spacial score (nSPS) is 16.7. The Morgan fingerprint density at radius 1 is 1.80 bits per heavy atom. The first-order valence-electron chi connectivity index (χ1n) is 3.12. The smallest absolute Gasteiger partial charge is 0.301 e. The number of rotatable bonds is 5. The van der Waals surface area contributed by atoms with Crippen LogP contribution in [0.2, 0.25) is 0 Å². The van der Waals surface area contributed by atoms with E-state index >= 15 is 0 Å². The lowest BCUT2D eigenvalue weighted by Gasteiger charge is -2.02. The summed E-state index contributed by atoms with van der Waals surface area (Å²) in [4.78, 5) is 0. The first kappa shape index (κ1) is 10.0. The molecule has 0 bridgehead atoms. The van der Waals surface area contributed by atoms with Crippen molar-refractivity contribution in [1.29, 1.82) is 0 Å². The highest BCUT2D eigenvalue weighted by molar-refractivity contribution is 7.74. The molecule has 0 radical (unpaired) electrons. The second-order valence-corrected chi connectivity index (χ2v) is 2.83. The summed E-state index contributed by atoms with van der Waals surface area (Å²) in [5, 5.41) is 0. The molecule has 3 N–H and O–H groups in total. The molecule has 0 saturated heterocycles. The predicted octanol–water partition coefficient (Wildman–Crippen LogP) is 0.267. The summed E-state index contributed by atoms with van der Waals surface area (Å²) >= 11 is -2.12. The molecule has 4 nitrogen and oxygen atoms in total. The SMILES string of the molecule is CC(N)CCCOS(=O)O. The molecule has 2 atom stereocenters. The van der Waals surface area contributed by atoms with Gasteiger partial charge >= 0.3 is 11.4 Å². The van der Waals surface area contributed by atoms with Crippen LogP contribution in [0.4, 0.5) is 0 Å². The summed E-state index contributed by atoms with van der Waals surface area (Å²) < 4.78 is 22.4. The van der Waals surface area contributed by atoms with Gasteiger partial charge in [0, 0.05) is 6.04 Å². The highest BCUT2D eigenvalue weighted by atomic mass is 32.2. The van der Waals surface area contributed by atoms with Crippen molar-refractivity contribution in [3.05, 3.63) is 0 Å². The maximum Gasteiger partial charge on any atom is 0.301 e. The maximum absolute atomic E-state index is 9.90. The molecule has 5 heteroatoms. The lowest BCUT2D eigenvalue weighted by molar-refractivity contribution is 0.295. The van der Waals surface area contributed by atoms with Gasteiger partial charge < -0.3 is 5.73 Å². The van der Waals surface area contributed by atoms with Gasteiger partial charge in [0.25, 0.3) is 0 Å². The Balaban J connectivity index is 2.98. The molecule has 0 amide bonds. The average Bonchev–Trinajstić information content (AvgIpc) is 1.79. The molecule has 0 saturated carbocycles. The quantitative estimate of drug-likeness (QED) is 0.455. The van der Waals surface area contributed by atoms with Gasteiger partial charge in [0.2, 0.25) is 0 Å². The summed E-state index contributed by atoms with van der Waals surface area (Å²) in [5.74, 6) is 0. The third kappa shape index (κ3) is 8.03. The highest BCUT2D eigenvalue weighted by Crippen LogP contribution is 1.94. The van der Waals surface area contributed by atoms with Gasteiger partial charge in [-0.2, -0.15) is 4.21 Å². The van der Waals surface area contributed by atoms with Crippen LogP contribution >= 0.6 is 0 Å². The van der Waals surface area contributed by atoms with Gasteiger partial charge in [0.05, 0.1) is 6.61 Å². The van der Waals surface area contributed by atoms with Gasteiger partial charge in [-0.3, -0.25) is 8.74 Å². The van der Waals surface area contributed by atoms with Gasteiger partial charge in [0.1, 0.15) is 0 Å². The molecule has 0 fully saturated rings. The minimum atomic E-state index is -2.12. The van der Waals surface area contributed by atoms with Crippen molar-refractivity contribution in [2.45, 2.75) is 25.8 Å². The Morgan fingerprint density at radius 2 is 2.40 bits per heavy atom. The summed E-state index contributed by atoms with van der Waals surface area (Å²) in [6.07, 6.45) is 1.54. The zero-order valence-corrected chi connectivity index (χ0v) is 6.76. The Hall–Kier alpha value is 0.0300. The fraction of sp³-hybridized carbons (Fsp3) is 1.00. The van der Waals surface area contributed by atoms with Crippen LogP contribution in [0.25, 0.3) is 0 Å². The monoisotopic (exact) mass is 167 g/mol. The van der Waals surface area contributed by atoms with Crippen LogP contribution in [-0.2, 0) is 15.5 Å². The van der Waals surface area contributed by atoms with Crippen molar-refractivity contribution in [2.75, 3.05) is 6.61 Å². The maximum atomic E-state index is 9.90. The van der Waals surface area contributed by atoms with Gasteiger partial charge in [-0.15, -0.1) is 0 Å². The van der Waals surface area contributed by atoms with Gasteiger partial charge in [-0.1, -0.05) is 0 Å². The lowest BCUT2D eigenvalue weighted by Crippen LogP contribution is -2.15. The molecule has 0 rings (SSSR count). The van der Waals surface area contributed by atoms with Crippen LogP contribution in [0, 0.1) is 0 Å². The van der Waals surface area contributed by atoms with E-state index in [1.807, 2.05) is 6.92 Å². The molecule has 62 valence electrons. The summed E-state index contributed by atoms with van der Waals surface area (Å²) in [7, 11) is 0. The lowest BCUT2D eigenvalue weighted by atomic mass is 10.2.